The number of phenols is 1. The molecule has 270 valence electrons. The standard InChI is InChI=1S/C49H53N3O/c1-46(2,3)34-25-33(26-36(28-34)49(10,11)43-27-32(23-24-50-43)31-17-13-12-14-18-31)40-22-21-38-37-19-15-16-20-41(37)52(45(38)51-40)42-30-35(47(4,5)6)29-39(44(42)53)48(7,8)9/h12-30,53H,1-11H3. The predicted molar refractivity (Wildman–Crippen MR) is 224 cm³/mol. The Hall–Kier alpha value is -5.22. The number of nitrogens with zero attached hydrogens (tertiary/aromatic N) is 3. The lowest BCUT2D eigenvalue weighted by molar-refractivity contribution is 0.442. The Bertz CT molecular complexity index is 2480. The first-order chi connectivity index (χ1) is 24.8. The van der Waals surface area contributed by atoms with E-state index in [0.717, 1.165) is 55.7 Å². The van der Waals surface area contributed by atoms with Gasteiger partial charge in [-0.25, -0.2) is 4.98 Å². The van der Waals surface area contributed by atoms with Gasteiger partial charge in [-0.15, -0.1) is 0 Å². The zero-order chi connectivity index (χ0) is 38.1. The monoisotopic (exact) mass is 699 g/mol. The largest absolute Gasteiger partial charge is 0.505 e. The molecule has 0 aliphatic heterocycles. The number of aromatic nitrogens is 3. The topological polar surface area (TPSA) is 50.9 Å². The highest BCUT2D eigenvalue weighted by Gasteiger charge is 2.30. The fraction of sp³-hybridized carbons (Fsp3) is 0.306. The van der Waals surface area contributed by atoms with Crippen molar-refractivity contribution >= 4 is 21.9 Å². The van der Waals surface area contributed by atoms with E-state index in [1.165, 1.54) is 22.3 Å². The van der Waals surface area contributed by atoms with E-state index in [1.54, 1.807) is 0 Å². The molecule has 0 unspecified atom stereocenters. The first-order valence-corrected chi connectivity index (χ1v) is 18.8. The van der Waals surface area contributed by atoms with Gasteiger partial charge in [-0.1, -0.05) is 137 Å². The van der Waals surface area contributed by atoms with Crippen LogP contribution in [-0.4, -0.2) is 19.6 Å². The van der Waals surface area contributed by atoms with Gasteiger partial charge >= 0.3 is 0 Å². The maximum atomic E-state index is 12.1. The molecule has 0 atom stereocenters. The van der Waals surface area contributed by atoms with Gasteiger partial charge in [-0.05, 0) is 92.6 Å². The van der Waals surface area contributed by atoms with Gasteiger partial charge < -0.3 is 5.11 Å². The second-order valence-electron chi connectivity index (χ2n) is 18.3. The Balaban J connectivity index is 1.46. The number of fused-ring (bicyclic) bond motifs is 3. The molecule has 0 saturated carbocycles. The zero-order valence-corrected chi connectivity index (χ0v) is 33.3. The fourth-order valence-corrected chi connectivity index (χ4v) is 7.34. The molecular weight excluding hydrogens is 647 g/mol. The maximum absolute atomic E-state index is 12.1. The molecule has 0 bridgehead atoms. The summed E-state index contributed by atoms with van der Waals surface area (Å²) in [5.41, 5.74) is 11.6. The van der Waals surface area contributed by atoms with Gasteiger partial charge in [0.1, 0.15) is 11.4 Å². The minimum atomic E-state index is -0.387. The van der Waals surface area contributed by atoms with E-state index in [9.17, 15) is 5.11 Å². The summed E-state index contributed by atoms with van der Waals surface area (Å²) in [6.07, 6.45) is 1.93. The molecule has 4 aromatic carbocycles. The van der Waals surface area contributed by atoms with E-state index >= 15 is 0 Å². The molecule has 0 radical (unpaired) electrons. The van der Waals surface area contributed by atoms with Crippen LogP contribution in [0.5, 0.6) is 5.75 Å². The molecule has 7 rings (SSSR count). The third-order valence-corrected chi connectivity index (χ3v) is 10.9. The Labute approximate surface area is 315 Å². The van der Waals surface area contributed by atoms with Gasteiger partial charge in [0.15, 0.2) is 0 Å². The fourth-order valence-electron chi connectivity index (χ4n) is 7.34. The van der Waals surface area contributed by atoms with Gasteiger partial charge in [-0.2, -0.15) is 0 Å². The molecule has 0 fully saturated rings. The van der Waals surface area contributed by atoms with Gasteiger partial charge in [0.2, 0.25) is 0 Å². The van der Waals surface area contributed by atoms with Crippen LogP contribution in [0, 0.1) is 0 Å². The molecule has 53 heavy (non-hydrogen) atoms. The lowest BCUT2D eigenvalue weighted by Crippen LogP contribution is -2.22. The Morgan fingerprint density at radius 3 is 1.85 bits per heavy atom. The molecule has 7 aromatic rings. The van der Waals surface area contributed by atoms with Crippen molar-refractivity contribution < 1.29 is 5.11 Å². The van der Waals surface area contributed by atoms with Crippen LogP contribution in [0.25, 0.3) is 50.0 Å². The van der Waals surface area contributed by atoms with Crippen molar-refractivity contribution in [3.05, 3.63) is 143 Å². The smallest absolute Gasteiger partial charge is 0.146 e. The summed E-state index contributed by atoms with van der Waals surface area (Å²) in [4.78, 5) is 10.4. The van der Waals surface area contributed by atoms with E-state index in [4.69, 9.17) is 9.97 Å². The van der Waals surface area contributed by atoms with Crippen molar-refractivity contribution in [2.24, 2.45) is 0 Å². The molecule has 1 N–H and O–H groups in total. The third-order valence-electron chi connectivity index (χ3n) is 10.9. The van der Waals surface area contributed by atoms with Crippen molar-refractivity contribution in [1.82, 2.24) is 14.5 Å². The van der Waals surface area contributed by atoms with Crippen molar-refractivity contribution in [2.45, 2.75) is 97.8 Å². The normalized spacial score (nSPS) is 12.9. The molecule has 0 aliphatic carbocycles. The van der Waals surface area contributed by atoms with Crippen molar-refractivity contribution in [2.75, 3.05) is 0 Å². The molecule has 0 aliphatic rings. The van der Waals surface area contributed by atoms with Crippen LogP contribution in [0.15, 0.2) is 115 Å². The molecular formula is C49H53N3O. The number of pyridine rings is 2. The summed E-state index contributed by atoms with van der Waals surface area (Å²) in [7, 11) is 0. The summed E-state index contributed by atoms with van der Waals surface area (Å²) in [6.45, 7) is 24.5. The maximum Gasteiger partial charge on any atom is 0.146 e. The minimum absolute atomic E-state index is 0.0955. The molecule has 4 nitrogen and oxygen atoms in total. The van der Waals surface area contributed by atoms with Crippen LogP contribution in [0.3, 0.4) is 0 Å². The van der Waals surface area contributed by atoms with E-state index in [-0.39, 0.29) is 21.7 Å². The van der Waals surface area contributed by atoms with E-state index < -0.39 is 0 Å². The Kier molecular flexibility index (Phi) is 8.68. The molecule has 0 amide bonds. The molecule has 4 heteroatoms. The third kappa shape index (κ3) is 6.65. The van der Waals surface area contributed by atoms with E-state index in [2.05, 4.69) is 190 Å². The summed E-state index contributed by atoms with van der Waals surface area (Å²) in [5.74, 6) is 0.296. The average Bonchev–Trinajstić information content (AvgIpc) is 3.44. The van der Waals surface area contributed by atoms with E-state index in [1.807, 2.05) is 6.20 Å². The van der Waals surface area contributed by atoms with Gasteiger partial charge in [0.05, 0.1) is 22.6 Å². The highest BCUT2D eigenvalue weighted by atomic mass is 16.3. The van der Waals surface area contributed by atoms with Crippen LogP contribution < -0.4 is 0 Å². The number of benzene rings is 4. The lowest BCUT2D eigenvalue weighted by atomic mass is 9.76. The van der Waals surface area contributed by atoms with E-state index in [0.29, 0.717) is 5.75 Å². The lowest BCUT2D eigenvalue weighted by Gasteiger charge is -2.29. The zero-order valence-electron chi connectivity index (χ0n) is 33.3. The molecule has 3 heterocycles. The summed E-state index contributed by atoms with van der Waals surface area (Å²) in [5, 5.41) is 14.2. The molecule has 0 spiro atoms. The van der Waals surface area contributed by atoms with Gasteiger partial charge in [0, 0.05) is 33.5 Å². The second-order valence-corrected chi connectivity index (χ2v) is 18.3. The SMILES string of the molecule is CC(C)(C)c1cc(-c2ccc3c4ccccc4n(-c4cc(C(C)(C)C)cc(C(C)(C)C)c4O)c3n2)cc(C(C)(C)c2cc(-c3ccccc3)ccn2)c1. The van der Waals surface area contributed by atoms with Crippen LogP contribution >= 0.6 is 0 Å². The Morgan fingerprint density at radius 2 is 1.17 bits per heavy atom. The van der Waals surface area contributed by atoms with Crippen molar-refractivity contribution in [1.29, 1.82) is 0 Å². The summed E-state index contributed by atoms with van der Waals surface area (Å²) >= 11 is 0. The van der Waals surface area contributed by atoms with Crippen LogP contribution in [-0.2, 0) is 21.7 Å². The first-order valence-electron chi connectivity index (χ1n) is 18.8. The Morgan fingerprint density at radius 1 is 0.528 bits per heavy atom. The number of para-hydroxylation sites is 1. The van der Waals surface area contributed by atoms with Crippen LogP contribution in [0.1, 0.15) is 104 Å². The highest BCUT2D eigenvalue weighted by Crippen LogP contribution is 2.43. The number of hydrogen-bond acceptors (Lipinski definition) is 3. The number of hydrogen-bond donors (Lipinski definition) is 1. The summed E-state index contributed by atoms with van der Waals surface area (Å²) < 4.78 is 2.17. The van der Waals surface area contributed by atoms with Crippen LogP contribution in [0.2, 0.25) is 0 Å². The minimum Gasteiger partial charge on any atom is -0.505 e. The molecule has 0 saturated heterocycles. The average molecular weight is 700 g/mol. The predicted octanol–water partition coefficient (Wildman–Crippen LogP) is 12.8. The number of aromatic hydroxyl groups is 1. The van der Waals surface area contributed by atoms with Crippen molar-refractivity contribution in [3.63, 3.8) is 0 Å². The summed E-state index contributed by atoms with van der Waals surface area (Å²) in [6, 6.07) is 38.9. The van der Waals surface area contributed by atoms with Crippen LogP contribution in [0.4, 0.5) is 0 Å². The van der Waals surface area contributed by atoms with Crippen molar-refractivity contribution in [3.8, 4) is 33.8 Å². The van der Waals surface area contributed by atoms with Gasteiger partial charge in [0.25, 0.3) is 0 Å². The molecule has 3 aromatic heterocycles. The quantitative estimate of drug-likeness (QED) is 0.195. The first kappa shape index (κ1) is 36.2. The van der Waals surface area contributed by atoms with Gasteiger partial charge in [-0.3, -0.25) is 9.55 Å². The second kappa shape index (κ2) is 12.7. The number of rotatable bonds is 5. The number of phenolic OH excluding ortho intramolecular Hbond substituents is 1. The highest BCUT2D eigenvalue weighted by molar-refractivity contribution is 6.08.